The molecule has 146 valence electrons. The SMILES string of the molecule is COc1ccc(CC(=O)Nc2nc(-c3cc(F)ccc3OC)cs2)c(OC)c1. The van der Waals surface area contributed by atoms with Crippen LogP contribution in [0.25, 0.3) is 11.3 Å². The molecular formula is C20H19FN2O4S. The van der Waals surface area contributed by atoms with Crippen molar-refractivity contribution in [3.63, 3.8) is 0 Å². The molecule has 1 N–H and O–H groups in total. The van der Waals surface area contributed by atoms with Gasteiger partial charge in [-0.05, 0) is 24.3 Å². The number of methoxy groups -OCH3 is 3. The summed E-state index contributed by atoms with van der Waals surface area (Å²) in [6, 6.07) is 9.48. The fraction of sp³-hybridized carbons (Fsp3) is 0.200. The Kier molecular flexibility index (Phi) is 6.10. The number of ether oxygens (including phenoxy) is 3. The molecule has 0 spiro atoms. The summed E-state index contributed by atoms with van der Waals surface area (Å²) in [4.78, 5) is 16.8. The summed E-state index contributed by atoms with van der Waals surface area (Å²) >= 11 is 1.25. The Balaban J connectivity index is 1.74. The first-order valence-electron chi connectivity index (χ1n) is 8.34. The zero-order valence-corrected chi connectivity index (χ0v) is 16.4. The van der Waals surface area contributed by atoms with Gasteiger partial charge in [-0.3, -0.25) is 4.79 Å². The molecule has 0 aliphatic carbocycles. The molecule has 28 heavy (non-hydrogen) atoms. The number of hydrogen-bond donors (Lipinski definition) is 1. The Morgan fingerprint density at radius 3 is 2.57 bits per heavy atom. The van der Waals surface area contributed by atoms with E-state index in [-0.39, 0.29) is 18.1 Å². The third-order valence-corrected chi connectivity index (χ3v) is 4.79. The molecule has 0 saturated carbocycles. The molecule has 8 heteroatoms. The Bertz CT molecular complexity index is 990. The summed E-state index contributed by atoms with van der Waals surface area (Å²) < 4.78 is 29.3. The topological polar surface area (TPSA) is 69.7 Å². The van der Waals surface area contributed by atoms with E-state index in [9.17, 15) is 9.18 Å². The predicted molar refractivity (Wildman–Crippen MR) is 106 cm³/mol. The number of halogens is 1. The summed E-state index contributed by atoms with van der Waals surface area (Å²) in [5.74, 6) is 1.09. The molecule has 0 saturated heterocycles. The summed E-state index contributed by atoms with van der Waals surface area (Å²) in [6.07, 6.45) is 0.116. The number of benzene rings is 2. The molecule has 0 aliphatic rings. The average Bonchev–Trinajstić information content (AvgIpc) is 3.16. The zero-order chi connectivity index (χ0) is 20.1. The van der Waals surface area contributed by atoms with E-state index in [4.69, 9.17) is 14.2 Å². The average molecular weight is 402 g/mol. The van der Waals surface area contributed by atoms with Crippen molar-refractivity contribution in [2.45, 2.75) is 6.42 Å². The van der Waals surface area contributed by atoms with Gasteiger partial charge in [-0.15, -0.1) is 11.3 Å². The van der Waals surface area contributed by atoms with Crippen molar-refractivity contribution >= 4 is 22.4 Å². The van der Waals surface area contributed by atoms with Gasteiger partial charge in [0.05, 0.1) is 33.4 Å². The van der Waals surface area contributed by atoms with Gasteiger partial charge in [-0.1, -0.05) is 6.07 Å². The van der Waals surface area contributed by atoms with Crippen molar-refractivity contribution in [3.8, 4) is 28.5 Å². The van der Waals surface area contributed by atoms with Gasteiger partial charge in [0.15, 0.2) is 5.13 Å². The van der Waals surface area contributed by atoms with Gasteiger partial charge < -0.3 is 19.5 Å². The molecule has 1 amide bonds. The molecule has 0 bridgehead atoms. The maximum absolute atomic E-state index is 13.6. The number of amides is 1. The van der Waals surface area contributed by atoms with Gasteiger partial charge in [0.25, 0.3) is 0 Å². The maximum atomic E-state index is 13.6. The van der Waals surface area contributed by atoms with E-state index in [1.807, 2.05) is 0 Å². The molecule has 3 aromatic rings. The number of nitrogens with one attached hydrogen (secondary N) is 1. The molecule has 6 nitrogen and oxygen atoms in total. The Morgan fingerprint density at radius 2 is 1.86 bits per heavy atom. The number of carbonyl (C=O) groups is 1. The van der Waals surface area contributed by atoms with Crippen LogP contribution in [0.15, 0.2) is 41.8 Å². The van der Waals surface area contributed by atoms with Crippen LogP contribution in [0.1, 0.15) is 5.56 Å². The number of carbonyl (C=O) groups excluding carboxylic acids is 1. The normalized spacial score (nSPS) is 10.4. The van der Waals surface area contributed by atoms with Gasteiger partial charge >= 0.3 is 0 Å². The maximum Gasteiger partial charge on any atom is 0.230 e. The summed E-state index contributed by atoms with van der Waals surface area (Å²) in [5.41, 5.74) is 1.78. The highest BCUT2D eigenvalue weighted by atomic mass is 32.1. The number of nitrogens with zero attached hydrogens (tertiary/aromatic N) is 1. The second-order valence-electron chi connectivity index (χ2n) is 5.79. The Morgan fingerprint density at radius 1 is 1.07 bits per heavy atom. The van der Waals surface area contributed by atoms with Gasteiger partial charge in [0.2, 0.25) is 5.91 Å². The molecular weight excluding hydrogens is 383 g/mol. The second-order valence-corrected chi connectivity index (χ2v) is 6.64. The Hall–Kier alpha value is -3.13. The smallest absolute Gasteiger partial charge is 0.230 e. The van der Waals surface area contributed by atoms with Crippen molar-refractivity contribution in [2.75, 3.05) is 26.6 Å². The number of hydrogen-bond acceptors (Lipinski definition) is 6. The molecule has 1 aromatic heterocycles. The van der Waals surface area contributed by atoms with Crippen molar-refractivity contribution in [1.82, 2.24) is 4.98 Å². The first-order chi connectivity index (χ1) is 13.5. The van der Waals surface area contributed by atoms with Crippen molar-refractivity contribution < 1.29 is 23.4 Å². The summed E-state index contributed by atoms with van der Waals surface area (Å²) in [6.45, 7) is 0. The molecule has 0 unspecified atom stereocenters. The molecule has 0 aliphatic heterocycles. The fourth-order valence-corrected chi connectivity index (χ4v) is 3.40. The monoisotopic (exact) mass is 402 g/mol. The molecule has 0 radical (unpaired) electrons. The van der Waals surface area contributed by atoms with Crippen LogP contribution in [0.4, 0.5) is 9.52 Å². The van der Waals surface area contributed by atoms with E-state index in [0.29, 0.717) is 33.6 Å². The van der Waals surface area contributed by atoms with E-state index < -0.39 is 0 Å². The molecule has 0 fully saturated rings. The van der Waals surface area contributed by atoms with Crippen LogP contribution >= 0.6 is 11.3 Å². The highest BCUT2D eigenvalue weighted by Gasteiger charge is 2.14. The number of rotatable bonds is 7. The third kappa shape index (κ3) is 4.40. The highest BCUT2D eigenvalue weighted by Crippen LogP contribution is 2.33. The first-order valence-corrected chi connectivity index (χ1v) is 9.22. The summed E-state index contributed by atoms with van der Waals surface area (Å²) in [7, 11) is 4.61. The molecule has 0 atom stereocenters. The Labute approximate surface area is 165 Å². The van der Waals surface area contributed by atoms with Gasteiger partial charge in [0, 0.05) is 22.6 Å². The predicted octanol–water partition coefficient (Wildman–Crippen LogP) is 4.16. The largest absolute Gasteiger partial charge is 0.497 e. The van der Waals surface area contributed by atoms with E-state index in [1.165, 1.54) is 43.8 Å². The van der Waals surface area contributed by atoms with Crippen LogP contribution in [0, 0.1) is 5.82 Å². The number of thiazole rings is 1. The van der Waals surface area contributed by atoms with Crippen LogP contribution in [0.2, 0.25) is 0 Å². The van der Waals surface area contributed by atoms with Crippen LogP contribution in [0.3, 0.4) is 0 Å². The van der Waals surface area contributed by atoms with Crippen LogP contribution in [-0.2, 0) is 11.2 Å². The van der Waals surface area contributed by atoms with Gasteiger partial charge in [-0.25, -0.2) is 9.37 Å². The number of anilines is 1. The molecule has 2 aromatic carbocycles. The van der Waals surface area contributed by atoms with Crippen LogP contribution in [-0.4, -0.2) is 32.2 Å². The van der Waals surface area contributed by atoms with E-state index in [2.05, 4.69) is 10.3 Å². The highest BCUT2D eigenvalue weighted by molar-refractivity contribution is 7.14. The number of aromatic nitrogens is 1. The van der Waals surface area contributed by atoms with Crippen LogP contribution < -0.4 is 19.5 Å². The molecule has 3 rings (SSSR count). The lowest BCUT2D eigenvalue weighted by atomic mass is 10.1. The lowest BCUT2D eigenvalue weighted by molar-refractivity contribution is -0.115. The summed E-state index contributed by atoms with van der Waals surface area (Å²) in [5, 5.41) is 4.91. The first kappa shape index (κ1) is 19.6. The lowest BCUT2D eigenvalue weighted by Gasteiger charge is -2.10. The lowest BCUT2D eigenvalue weighted by Crippen LogP contribution is -2.14. The minimum Gasteiger partial charge on any atom is -0.497 e. The quantitative estimate of drug-likeness (QED) is 0.643. The zero-order valence-electron chi connectivity index (χ0n) is 15.6. The van der Waals surface area contributed by atoms with Crippen molar-refractivity contribution in [2.24, 2.45) is 0 Å². The van der Waals surface area contributed by atoms with E-state index in [0.717, 1.165) is 5.56 Å². The fourth-order valence-electron chi connectivity index (χ4n) is 2.67. The minimum absolute atomic E-state index is 0.116. The van der Waals surface area contributed by atoms with Crippen LogP contribution in [0.5, 0.6) is 17.2 Å². The van der Waals surface area contributed by atoms with E-state index in [1.54, 1.807) is 30.7 Å². The van der Waals surface area contributed by atoms with Gasteiger partial charge in [0.1, 0.15) is 23.1 Å². The van der Waals surface area contributed by atoms with Crippen molar-refractivity contribution in [3.05, 3.63) is 53.2 Å². The molecule has 1 heterocycles. The third-order valence-electron chi connectivity index (χ3n) is 4.03. The standard InChI is InChI=1S/C20H19FN2O4S/c1-25-14-6-4-12(18(10-14)27-3)8-19(24)23-20-22-16(11-28-20)15-9-13(21)5-7-17(15)26-2/h4-7,9-11H,8H2,1-3H3,(H,22,23,24). The minimum atomic E-state index is -0.388. The van der Waals surface area contributed by atoms with E-state index >= 15 is 0 Å². The van der Waals surface area contributed by atoms with Crippen molar-refractivity contribution in [1.29, 1.82) is 0 Å². The second kappa shape index (κ2) is 8.71. The van der Waals surface area contributed by atoms with Gasteiger partial charge in [-0.2, -0.15) is 0 Å².